The van der Waals surface area contributed by atoms with Gasteiger partial charge < -0.3 is 9.88 Å². The molecule has 0 atom stereocenters. The normalized spacial score (nSPS) is 15.4. The summed E-state index contributed by atoms with van der Waals surface area (Å²) in [6, 6.07) is 18.9. The molecule has 0 saturated carbocycles. The van der Waals surface area contributed by atoms with Gasteiger partial charge in [-0.1, -0.05) is 54.6 Å². The minimum Gasteiger partial charge on any atom is -0.368 e. The lowest BCUT2D eigenvalue weighted by Gasteiger charge is -2.36. The highest BCUT2D eigenvalue weighted by atomic mass is 19.4. The van der Waals surface area contributed by atoms with Crippen LogP contribution in [0.15, 0.2) is 65.5 Å². The molecule has 5 nitrogen and oxygen atoms in total. The first kappa shape index (κ1) is 21.8. The molecule has 166 valence electrons. The van der Waals surface area contributed by atoms with Crippen LogP contribution >= 0.6 is 0 Å². The molecule has 0 radical (unpaired) electrons. The van der Waals surface area contributed by atoms with Crippen molar-refractivity contribution in [3.05, 3.63) is 93.7 Å². The summed E-state index contributed by atoms with van der Waals surface area (Å²) in [6.45, 7) is 4.43. The van der Waals surface area contributed by atoms with Gasteiger partial charge in [-0.2, -0.15) is 18.2 Å². The van der Waals surface area contributed by atoms with E-state index < -0.39 is 17.6 Å². The maximum Gasteiger partial charge on any atom is 0.431 e. The van der Waals surface area contributed by atoms with Crippen LogP contribution in [0.1, 0.15) is 22.5 Å². The number of halogens is 3. The van der Waals surface area contributed by atoms with Gasteiger partial charge in [0.15, 0.2) is 0 Å². The summed E-state index contributed by atoms with van der Waals surface area (Å²) in [5, 5.41) is 0. The molecule has 4 rings (SSSR count). The van der Waals surface area contributed by atoms with Crippen LogP contribution in [-0.2, 0) is 12.7 Å². The third kappa shape index (κ3) is 5.45. The quantitative estimate of drug-likeness (QED) is 0.644. The molecule has 2 heterocycles. The SMILES string of the molecule is O=c1nc(C=Cc2ccccc2N2CCN(Cc3ccccc3)CC2)cc(C(F)(F)F)[nH]1. The first-order valence-corrected chi connectivity index (χ1v) is 10.4. The number of para-hydroxylation sites is 1. The molecule has 0 bridgehead atoms. The van der Waals surface area contributed by atoms with E-state index in [1.165, 1.54) is 11.6 Å². The molecular formula is C24H23F3N4O. The number of alkyl halides is 3. The lowest BCUT2D eigenvalue weighted by Crippen LogP contribution is -2.46. The first-order valence-electron chi connectivity index (χ1n) is 10.4. The van der Waals surface area contributed by atoms with Gasteiger partial charge in [0.05, 0.1) is 5.69 Å². The topological polar surface area (TPSA) is 52.2 Å². The Morgan fingerprint density at radius 2 is 1.62 bits per heavy atom. The molecule has 32 heavy (non-hydrogen) atoms. The number of rotatable bonds is 5. The number of piperazine rings is 1. The predicted octanol–water partition coefficient (Wildman–Crippen LogP) is 4.28. The zero-order chi connectivity index (χ0) is 22.6. The number of aromatic nitrogens is 2. The molecule has 0 aliphatic carbocycles. The van der Waals surface area contributed by atoms with E-state index in [4.69, 9.17) is 0 Å². The lowest BCUT2D eigenvalue weighted by atomic mass is 10.1. The van der Waals surface area contributed by atoms with Gasteiger partial charge in [0, 0.05) is 38.4 Å². The third-order valence-corrected chi connectivity index (χ3v) is 5.40. The largest absolute Gasteiger partial charge is 0.431 e. The Balaban J connectivity index is 1.47. The van der Waals surface area contributed by atoms with E-state index in [1.807, 2.05) is 42.5 Å². The molecule has 0 unspecified atom stereocenters. The van der Waals surface area contributed by atoms with Crippen molar-refractivity contribution >= 4 is 17.8 Å². The Hall–Kier alpha value is -3.39. The predicted molar refractivity (Wildman–Crippen MR) is 119 cm³/mol. The van der Waals surface area contributed by atoms with E-state index in [9.17, 15) is 18.0 Å². The van der Waals surface area contributed by atoms with Gasteiger partial charge in [0.1, 0.15) is 5.69 Å². The first-order chi connectivity index (χ1) is 15.4. The van der Waals surface area contributed by atoms with Crippen LogP contribution in [-0.4, -0.2) is 41.0 Å². The minimum atomic E-state index is -4.64. The summed E-state index contributed by atoms with van der Waals surface area (Å²) in [4.78, 5) is 21.6. The van der Waals surface area contributed by atoms with Crippen LogP contribution in [0.3, 0.4) is 0 Å². The van der Waals surface area contributed by atoms with E-state index in [1.54, 1.807) is 11.1 Å². The van der Waals surface area contributed by atoms with Gasteiger partial charge in [0.25, 0.3) is 0 Å². The maximum atomic E-state index is 13.0. The highest BCUT2D eigenvalue weighted by Crippen LogP contribution is 2.28. The molecule has 1 N–H and O–H groups in total. The van der Waals surface area contributed by atoms with Crippen molar-refractivity contribution in [1.29, 1.82) is 0 Å². The number of anilines is 1. The summed E-state index contributed by atoms with van der Waals surface area (Å²) in [5.41, 5.74) is 0.974. The molecule has 1 aliphatic rings. The maximum absolute atomic E-state index is 13.0. The van der Waals surface area contributed by atoms with Gasteiger partial charge in [0.2, 0.25) is 0 Å². The summed E-state index contributed by atoms with van der Waals surface area (Å²) < 4.78 is 38.9. The monoisotopic (exact) mass is 440 g/mol. The number of hydrogen-bond donors (Lipinski definition) is 1. The molecule has 8 heteroatoms. The van der Waals surface area contributed by atoms with Crippen LogP contribution in [0.5, 0.6) is 0 Å². The van der Waals surface area contributed by atoms with E-state index in [2.05, 4.69) is 26.9 Å². The standard InChI is InChI=1S/C24H23F3N4O/c25-24(26,27)22-16-20(28-23(32)29-22)11-10-19-8-4-5-9-21(19)31-14-12-30(13-15-31)17-18-6-2-1-3-7-18/h1-11,16H,12-15,17H2,(H,28,29,32). The van der Waals surface area contributed by atoms with Gasteiger partial charge in [-0.15, -0.1) is 0 Å². The zero-order valence-corrected chi connectivity index (χ0v) is 17.3. The second kappa shape index (κ2) is 9.40. The number of hydrogen-bond acceptors (Lipinski definition) is 4. The molecule has 2 aromatic carbocycles. The smallest absolute Gasteiger partial charge is 0.368 e. The van der Waals surface area contributed by atoms with Crippen molar-refractivity contribution < 1.29 is 13.2 Å². The van der Waals surface area contributed by atoms with Crippen LogP contribution in [0.4, 0.5) is 18.9 Å². The van der Waals surface area contributed by atoms with Gasteiger partial charge in [-0.3, -0.25) is 4.90 Å². The fourth-order valence-corrected chi connectivity index (χ4v) is 3.79. The van der Waals surface area contributed by atoms with Crippen molar-refractivity contribution in [3.8, 4) is 0 Å². The number of benzene rings is 2. The molecule has 1 fully saturated rings. The average Bonchev–Trinajstić information content (AvgIpc) is 2.78. The summed E-state index contributed by atoms with van der Waals surface area (Å²) in [5.74, 6) is 0. The van der Waals surface area contributed by atoms with Crippen molar-refractivity contribution in [2.75, 3.05) is 31.1 Å². The van der Waals surface area contributed by atoms with E-state index >= 15 is 0 Å². The van der Waals surface area contributed by atoms with Crippen molar-refractivity contribution in [2.24, 2.45) is 0 Å². The summed E-state index contributed by atoms with van der Waals surface area (Å²) in [6.07, 6.45) is -1.50. The third-order valence-electron chi connectivity index (χ3n) is 5.40. The van der Waals surface area contributed by atoms with Gasteiger partial charge in [-0.25, -0.2) is 4.79 Å². The summed E-state index contributed by atoms with van der Waals surface area (Å²) in [7, 11) is 0. The Kier molecular flexibility index (Phi) is 6.41. The number of nitrogens with zero attached hydrogens (tertiary/aromatic N) is 3. The van der Waals surface area contributed by atoms with E-state index in [0.717, 1.165) is 50.0 Å². The average molecular weight is 440 g/mol. The van der Waals surface area contributed by atoms with Gasteiger partial charge in [-0.05, 0) is 29.3 Å². The number of nitrogens with one attached hydrogen (secondary N) is 1. The Morgan fingerprint density at radius 3 is 2.34 bits per heavy atom. The minimum absolute atomic E-state index is 0.0384. The molecular weight excluding hydrogens is 417 g/mol. The van der Waals surface area contributed by atoms with Crippen LogP contribution < -0.4 is 10.6 Å². The fraction of sp³-hybridized carbons (Fsp3) is 0.250. The Bertz CT molecular complexity index is 1130. The molecule has 1 aliphatic heterocycles. The molecule has 1 aromatic heterocycles. The molecule has 0 amide bonds. The lowest BCUT2D eigenvalue weighted by molar-refractivity contribution is -0.141. The molecule has 1 saturated heterocycles. The van der Waals surface area contributed by atoms with Crippen LogP contribution in [0.25, 0.3) is 12.2 Å². The highest BCUT2D eigenvalue weighted by Gasteiger charge is 2.32. The Morgan fingerprint density at radius 1 is 0.938 bits per heavy atom. The molecule has 3 aromatic rings. The molecule has 0 spiro atoms. The van der Waals surface area contributed by atoms with E-state index in [0.29, 0.717) is 0 Å². The van der Waals surface area contributed by atoms with Crippen molar-refractivity contribution in [3.63, 3.8) is 0 Å². The number of aromatic amines is 1. The fourth-order valence-electron chi connectivity index (χ4n) is 3.79. The second-order valence-corrected chi connectivity index (χ2v) is 7.66. The van der Waals surface area contributed by atoms with E-state index in [-0.39, 0.29) is 5.69 Å². The zero-order valence-electron chi connectivity index (χ0n) is 17.3. The second-order valence-electron chi connectivity index (χ2n) is 7.66. The van der Waals surface area contributed by atoms with Crippen LogP contribution in [0, 0.1) is 0 Å². The van der Waals surface area contributed by atoms with Crippen molar-refractivity contribution in [1.82, 2.24) is 14.9 Å². The van der Waals surface area contributed by atoms with Gasteiger partial charge >= 0.3 is 11.9 Å². The summed E-state index contributed by atoms with van der Waals surface area (Å²) >= 11 is 0. The highest BCUT2D eigenvalue weighted by molar-refractivity contribution is 5.76. The van der Waals surface area contributed by atoms with Crippen LogP contribution in [0.2, 0.25) is 0 Å². The Labute approximate surface area is 183 Å². The number of H-pyrrole nitrogens is 1. The van der Waals surface area contributed by atoms with Crippen molar-refractivity contribution in [2.45, 2.75) is 12.7 Å².